The molecule has 1 saturated heterocycles. The highest BCUT2D eigenvalue weighted by molar-refractivity contribution is 7.90. The summed E-state index contributed by atoms with van der Waals surface area (Å²) in [5, 5.41) is 29.6. The van der Waals surface area contributed by atoms with Crippen LogP contribution in [0.4, 0.5) is 28.4 Å². The Bertz CT molecular complexity index is 2420. The smallest absolute Gasteiger partial charge is 0.293 e. The zero-order valence-corrected chi connectivity index (χ0v) is 32.9. The summed E-state index contributed by atoms with van der Waals surface area (Å²) in [6.45, 7) is 3.65. The lowest BCUT2D eigenvalue weighted by Crippen LogP contribution is -2.54. The van der Waals surface area contributed by atoms with Crippen LogP contribution in [-0.2, 0) is 23.0 Å². The molecule has 1 amide bonds. The van der Waals surface area contributed by atoms with Crippen molar-refractivity contribution in [3.05, 3.63) is 151 Å². The van der Waals surface area contributed by atoms with Gasteiger partial charge in [0, 0.05) is 73.7 Å². The van der Waals surface area contributed by atoms with E-state index in [1.807, 2.05) is 36.4 Å². The quantitative estimate of drug-likeness (QED) is 0.0607. The summed E-state index contributed by atoms with van der Waals surface area (Å²) in [6, 6.07) is 31.2. The average Bonchev–Trinajstić information content (AvgIpc) is 3.19. The molecule has 0 bridgehead atoms. The molecule has 0 radical (unpaired) electrons. The van der Waals surface area contributed by atoms with E-state index >= 15 is 0 Å². The molecular formula is C40H39Cl2N7O7S. The Kier molecular flexibility index (Phi) is 12.6. The van der Waals surface area contributed by atoms with Crippen LogP contribution in [0.3, 0.4) is 0 Å². The Labute approximate surface area is 340 Å². The number of benzene rings is 5. The summed E-state index contributed by atoms with van der Waals surface area (Å²) in [5.74, 6) is -0.843. The first-order valence-corrected chi connectivity index (χ1v) is 19.9. The predicted molar refractivity (Wildman–Crippen MR) is 223 cm³/mol. The Morgan fingerprint density at radius 1 is 0.807 bits per heavy atom. The van der Waals surface area contributed by atoms with Gasteiger partial charge in [-0.3, -0.25) is 29.9 Å². The number of piperazine rings is 1. The monoisotopic (exact) mass is 831 g/mol. The fourth-order valence-corrected chi connectivity index (χ4v) is 8.48. The highest BCUT2D eigenvalue weighted by Crippen LogP contribution is 2.35. The zero-order chi connectivity index (χ0) is 39.4. The number of fused-ring (bicyclic) bond motifs is 3. The van der Waals surface area contributed by atoms with Crippen LogP contribution < -0.4 is 20.3 Å². The van der Waals surface area contributed by atoms with Gasteiger partial charge in [0.15, 0.2) is 0 Å². The van der Waals surface area contributed by atoms with Crippen LogP contribution in [-0.4, -0.2) is 67.8 Å². The van der Waals surface area contributed by atoms with Crippen LogP contribution in [0.5, 0.6) is 0 Å². The summed E-state index contributed by atoms with van der Waals surface area (Å²) in [5.41, 5.74) is 5.40. The molecule has 7 rings (SSSR count). The highest BCUT2D eigenvalue weighted by atomic mass is 35.5. The van der Waals surface area contributed by atoms with E-state index in [1.165, 1.54) is 29.3 Å². The van der Waals surface area contributed by atoms with Crippen molar-refractivity contribution in [1.82, 2.24) is 9.62 Å². The molecule has 57 heavy (non-hydrogen) atoms. The van der Waals surface area contributed by atoms with E-state index in [4.69, 9.17) is 11.6 Å². The number of amides is 1. The van der Waals surface area contributed by atoms with Gasteiger partial charge in [0.2, 0.25) is 0 Å². The molecule has 296 valence electrons. The second-order valence-electron chi connectivity index (χ2n) is 13.6. The summed E-state index contributed by atoms with van der Waals surface area (Å²) in [6.07, 6.45) is 1.59. The van der Waals surface area contributed by atoms with Crippen molar-refractivity contribution in [3.8, 4) is 11.1 Å². The number of nitrogens with zero attached hydrogens (tertiary/aromatic N) is 4. The first-order valence-electron chi connectivity index (χ1n) is 18.0. The SMILES string of the molecule is Cl.O=C(NS(=O)(=O)c1ccc(NCCNc2ccccc2[N+](=O)[O-])c([N+](=O)[O-])c1)c1ccc2c(c1)CC[C@H]1CN(Cc3ccccc3-c3ccc(Cl)cc3)CCN21. The zero-order valence-electron chi connectivity index (χ0n) is 30.5. The van der Waals surface area contributed by atoms with Gasteiger partial charge in [-0.15, -0.1) is 12.4 Å². The molecule has 17 heteroatoms. The van der Waals surface area contributed by atoms with Gasteiger partial charge in [0.05, 0.1) is 14.7 Å². The molecule has 2 aliphatic rings. The van der Waals surface area contributed by atoms with Gasteiger partial charge in [-0.05, 0) is 83.6 Å². The number of rotatable bonds is 13. The summed E-state index contributed by atoms with van der Waals surface area (Å²) >= 11 is 6.13. The molecule has 2 aliphatic heterocycles. The van der Waals surface area contributed by atoms with E-state index in [9.17, 15) is 33.4 Å². The molecule has 5 aromatic rings. The van der Waals surface area contributed by atoms with Crippen LogP contribution in [0.25, 0.3) is 11.1 Å². The predicted octanol–water partition coefficient (Wildman–Crippen LogP) is 7.52. The number of halogens is 2. The second-order valence-corrected chi connectivity index (χ2v) is 15.7. The first kappa shape index (κ1) is 40.9. The topological polar surface area (TPSA) is 180 Å². The first-order chi connectivity index (χ1) is 27.0. The van der Waals surface area contributed by atoms with E-state index in [0.717, 1.165) is 61.9 Å². The van der Waals surface area contributed by atoms with Gasteiger partial charge in [0.1, 0.15) is 11.4 Å². The molecule has 3 N–H and O–H groups in total. The van der Waals surface area contributed by atoms with E-state index in [1.54, 1.807) is 30.3 Å². The molecule has 2 heterocycles. The van der Waals surface area contributed by atoms with E-state index in [0.29, 0.717) is 5.02 Å². The van der Waals surface area contributed by atoms with Crippen molar-refractivity contribution in [2.24, 2.45) is 0 Å². The van der Waals surface area contributed by atoms with Gasteiger partial charge in [-0.1, -0.05) is 60.1 Å². The number of carbonyl (C=O) groups excluding carboxylic acids is 1. The molecule has 5 aromatic carbocycles. The molecule has 0 spiro atoms. The molecule has 1 atom stereocenters. The number of nitro benzene ring substituents is 2. The van der Waals surface area contributed by atoms with Crippen LogP contribution in [0, 0.1) is 20.2 Å². The molecule has 0 unspecified atom stereocenters. The number of hydrogen-bond donors (Lipinski definition) is 3. The maximum Gasteiger partial charge on any atom is 0.293 e. The summed E-state index contributed by atoms with van der Waals surface area (Å²) in [7, 11) is -4.48. The lowest BCUT2D eigenvalue weighted by atomic mass is 9.92. The van der Waals surface area contributed by atoms with Crippen LogP contribution >= 0.6 is 24.0 Å². The lowest BCUT2D eigenvalue weighted by molar-refractivity contribution is -0.384. The fourth-order valence-electron chi connectivity index (χ4n) is 7.36. The average molecular weight is 833 g/mol. The van der Waals surface area contributed by atoms with E-state index in [2.05, 4.69) is 43.4 Å². The third-order valence-corrected chi connectivity index (χ3v) is 11.7. The molecule has 0 aromatic heterocycles. The fraction of sp³-hybridized carbons (Fsp3) is 0.225. The van der Waals surface area contributed by atoms with Crippen molar-refractivity contribution in [2.45, 2.75) is 30.3 Å². The third kappa shape index (κ3) is 9.29. The number of nitrogens with one attached hydrogen (secondary N) is 3. The van der Waals surface area contributed by atoms with Crippen LogP contribution in [0.2, 0.25) is 5.02 Å². The minimum absolute atomic E-state index is 0. The largest absolute Gasteiger partial charge is 0.378 e. The summed E-state index contributed by atoms with van der Waals surface area (Å²) < 4.78 is 28.7. The van der Waals surface area contributed by atoms with Crippen molar-refractivity contribution in [3.63, 3.8) is 0 Å². The lowest BCUT2D eigenvalue weighted by Gasteiger charge is -2.46. The van der Waals surface area contributed by atoms with E-state index in [-0.39, 0.29) is 54.2 Å². The minimum Gasteiger partial charge on any atom is -0.378 e. The standard InChI is InChI=1S/C40H38ClN7O7S.ClH/c41-31-13-9-27(10-14-31)34-6-2-1-5-30(34)25-45-21-22-46-32(26-45)15-11-28-23-29(12-18-37(28)46)40(49)44-56(54,55)33-16-17-36(39(24-33)48(52)53)43-20-19-42-35-7-3-4-8-38(35)47(50)51;/h1-10,12-14,16-18,23-24,32,42-43H,11,15,19-22,25-26H2,(H,44,49);1H/t32-;/m0./s1. The molecule has 1 fully saturated rings. The minimum atomic E-state index is -4.48. The number of hydrogen-bond acceptors (Lipinski definition) is 11. The van der Waals surface area contributed by atoms with Crippen LogP contribution in [0.1, 0.15) is 27.9 Å². The number of carbonyl (C=O) groups is 1. The number of nitro groups is 2. The summed E-state index contributed by atoms with van der Waals surface area (Å²) in [4.78, 5) is 39.6. The van der Waals surface area contributed by atoms with Crippen LogP contribution in [0.15, 0.2) is 114 Å². The van der Waals surface area contributed by atoms with Gasteiger partial charge in [0.25, 0.3) is 27.3 Å². The van der Waals surface area contributed by atoms with Gasteiger partial charge >= 0.3 is 0 Å². The maximum atomic E-state index is 13.3. The second kappa shape index (κ2) is 17.6. The van der Waals surface area contributed by atoms with Crippen molar-refractivity contribution in [1.29, 1.82) is 0 Å². The highest BCUT2D eigenvalue weighted by Gasteiger charge is 2.33. The van der Waals surface area contributed by atoms with E-state index < -0.39 is 36.4 Å². The number of aryl methyl sites for hydroxylation is 1. The molecule has 0 saturated carbocycles. The molecule has 0 aliphatic carbocycles. The van der Waals surface area contributed by atoms with Gasteiger partial charge < -0.3 is 15.5 Å². The van der Waals surface area contributed by atoms with Crippen molar-refractivity contribution in [2.75, 3.05) is 48.3 Å². The third-order valence-electron chi connectivity index (χ3n) is 10.1. The number of anilines is 3. The van der Waals surface area contributed by atoms with Gasteiger partial charge in [-0.2, -0.15) is 0 Å². The van der Waals surface area contributed by atoms with Gasteiger partial charge in [-0.25, -0.2) is 13.1 Å². The number of para-hydroxylation sites is 2. The Morgan fingerprint density at radius 2 is 1.49 bits per heavy atom. The normalized spacial score (nSPS) is 15.0. The molecule has 14 nitrogen and oxygen atoms in total. The van der Waals surface area contributed by atoms with Crippen molar-refractivity contribution >= 4 is 68.4 Å². The maximum absolute atomic E-state index is 13.3. The number of sulfonamides is 1. The molecular weight excluding hydrogens is 793 g/mol. The van der Waals surface area contributed by atoms with Crippen molar-refractivity contribution < 1.29 is 23.1 Å². The Hall–Kier alpha value is -5.74. The Balaban J connectivity index is 0.00000549. The Morgan fingerprint density at radius 3 is 2.23 bits per heavy atom.